The number of aromatic nitrogens is 1. The second kappa shape index (κ2) is 4.84. The van der Waals surface area contributed by atoms with Crippen molar-refractivity contribution in [2.24, 2.45) is 0 Å². The average molecular weight is 253 g/mol. The van der Waals surface area contributed by atoms with E-state index in [2.05, 4.69) is 4.98 Å². The SMILES string of the molecule is Cc1ncccc1C(=O)c1cccc(OC2CC2)c1. The Morgan fingerprint density at radius 2 is 2.11 bits per heavy atom. The Hall–Kier alpha value is -2.16. The van der Waals surface area contributed by atoms with E-state index in [1.807, 2.05) is 31.2 Å². The average Bonchev–Trinajstić information content (AvgIpc) is 3.23. The zero-order valence-corrected chi connectivity index (χ0v) is 10.8. The van der Waals surface area contributed by atoms with Gasteiger partial charge in [-0.3, -0.25) is 9.78 Å². The molecule has 3 rings (SSSR count). The molecule has 0 bridgehead atoms. The predicted molar refractivity (Wildman–Crippen MR) is 72.5 cm³/mol. The van der Waals surface area contributed by atoms with Gasteiger partial charge in [0.15, 0.2) is 5.78 Å². The minimum atomic E-state index is -0.00755. The number of hydrogen-bond acceptors (Lipinski definition) is 3. The van der Waals surface area contributed by atoms with E-state index in [0.29, 0.717) is 17.2 Å². The molecule has 1 heterocycles. The number of nitrogens with zero attached hydrogens (tertiary/aromatic N) is 1. The van der Waals surface area contributed by atoms with Crippen molar-refractivity contribution in [1.82, 2.24) is 4.98 Å². The van der Waals surface area contributed by atoms with Gasteiger partial charge in [0.25, 0.3) is 0 Å². The van der Waals surface area contributed by atoms with Crippen molar-refractivity contribution in [1.29, 1.82) is 0 Å². The van der Waals surface area contributed by atoms with Gasteiger partial charge in [-0.25, -0.2) is 0 Å². The monoisotopic (exact) mass is 253 g/mol. The fourth-order valence-electron chi connectivity index (χ4n) is 1.97. The molecule has 0 N–H and O–H groups in total. The van der Waals surface area contributed by atoms with E-state index in [1.54, 1.807) is 18.3 Å². The highest BCUT2D eigenvalue weighted by Gasteiger charge is 2.23. The summed E-state index contributed by atoms with van der Waals surface area (Å²) in [4.78, 5) is 16.6. The van der Waals surface area contributed by atoms with E-state index in [9.17, 15) is 4.79 Å². The predicted octanol–water partition coefficient (Wildman–Crippen LogP) is 3.16. The summed E-state index contributed by atoms with van der Waals surface area (Å²) in [6.07, 6.45) is 4.25. The molecule has 0 radical (unpaired) electrons. The van der Waals surface area contributed by atoms with Crippen LogP contribution in [0.4, 0.5) is 0 Å². The molecule has 1 aromatic heterocycles. The lowest BCUT2D eigenvalue weighted by Gasteiger charge is -2.07. The maximum atomic E-state index is 12.4. The van der Waals surface area contributed by atoms with Crippen LogP contribution in [-0.2, 0) is 0 Å². The van der Waals surface area contributed by atoms with Gasteiger partial charge >= 0.3 is 0 Å². The number of carbonyl (C=O) groups is 1. The number of aryl methyl sites for hydroxylation is 1. The van der Waals surface area contributed by atoms with Crippen molar-refractivity contribution < 1.29 is 9.53 Å². The van der Waals surface area contributed by atoms with Crippen LogP contribution in [0.15, 0.2) is 42.6 Å². The van der Waals surface area contributed by atoms with Crippen molar-refractivity contribution in [3.63, 3.8) is 0 Å². The number of rotatable bonds is 4. The molecular formula is C16H15NO2. The molecule has 0 saturated heterocycles. The van der Waals surface area contributed by atoms with Gasteiger partial charge in [0.1, 0.15) is 5.75 Å². The summed E-state index contributed by atoms with van der Waals surface area (Å²) in [5.74, 6) is 0.766. The molecular weight excluding hydrogens is 238 g/mol. The van der Waals surface area contributed by atoms with Crippen LogP contribution in [0.3, 0.4) is 0 Å². The highest BCUT2D eigenvalue weighted by atomic mass is 16.5. The highest BCUT2D eigenvalue weighted by molar-refractivity contribution is 6.09. The summed E-state index contributed by atoms with van der Waals surface area (Å²) in [6, 6.07) is 11.0. The standard InChI is InChI=1S/C16H15NO2/c1-11-15(6-3-9-17-11)16(18)12-4-2-5-14(10-12)19-13-7-8-13/h2-6,9-10,13H,7-8H2,1H3. The lowest BCUT2D eigenvalue weighted by Crippen LogP contribution is -2.05. The van der Waals surface area contributed by atoms with Crippen LogP contribution in [0.1, 0.15) is 34.5 Å². The van der Waals surface area contributed by atoms with E-state index in [0.717, 1.165) is 24.3 Å². The molecule has 19 heavy (non-hydrogen) atoms. The van der Waals surface area contributed by atoms with Crippen molar-refractivity contribution in [2.45, 2.75) is 25.9 Å². The number of hydrogen-bond donors (Lipinski definition) is 0. The zero-order chi connectivity index (χ0) is 13.2. The molecule has 0 atom stereocenters. The second-order valence-electron chi connectivity index (χ2n) is 4.81. The van der Waals surface area contributed by atoms with Crippen molar-refractivity contribution in [2.75, 3.05) is 0 Å². The number of ketones is 1. The van der Waals surface area contributed by atoms with Gasteiger partial charge in [0.05, 0.1) is 6.10 Å². The molecule has 2 aromatic rings. The van der Waals surface area contributed by atoms with E-state index in [-0.39, 0.29) is 5.78 Å². The first-order valence-corrected chi connectivity index (χ1v) is 6.47. The maximum Gasteiger partial charge on any atom is 0.194 e. The Morgan fingerprint density at radius 1 is 1.26 bits per heavy atom. The molecule has 1 aromatic carbocycles. The summed E-state index contributed by atoms with van der Waals surface area (Å²) in [7, 11) is 0. The van der Waals surface area contributed by atoms with Crippen LogP contribution < -0.4 is 4.74 Å². The van der Waals surface area contributed by atoms with Crippen LogP contribution in [0.25, 0.3) is 0 Å². The summed E-state index contributed by atoms with van der Waals surface area (Å²) < 4.78 is 5.71. The third-order valence-electron chi connectivity index (χ3n) is 3.17. The number of pyridine rings is 1. The molecule has 0 amide bonds. The Kier molecular flexibility index (Phi) is 3.03. The van der Waals surface area contributed by atoms with Gasteiger partial charge in [-0.15, -0.1) is 0 Å². The zero-order valence-electron chi connectivity index (χ0n) is 10.8. The Morgan fingerprint density at radius 3 is 2.84 bits per heavy atom. The smallest absolute Gasteiger partial charge is 0.194 e. The van der Waals surface area contributed by atoms with Gasteiger partial charge < -0.3 is 4.74 Å². The Bertz CT molecular complexity index is 618. The molecule has 0 aliphatic heterocycles. The third kappa shape index (κ3) is 2.65. The summed E-state index contributed by atoms with van der Waals surface area (Å²) in [6.45, 7) is 1.85. The molecule has 1 fully saturated rings. The van der Waals surface area contributed by atoms with Crippen LogP contribution >= 0.6 is 0 Å². The van der Waals surface area contributed by atoms with E-state index >= 15 is 0 Å². The summed E-state index contributed by atoms with van der Waals surface area (Å²) in [5, 5.41) is 0. The molecule has 0 unspecified atom stereocenters. The normalized spacial score (nSPS) is 14.2. The molecule has 1 aliphatic carbocycles. The summed E-state index contributed by atoms with van der Waals surface area (Å²) >= 11 is 0. The van der Waals surface area contributed by atoms with Gasteiger partial charge in [0, 0.05) is 23.0 Å². The summed E-state index contributed by atoms with van der Waals surface area (Å²) in [5.41, 5.74) is 2.04. The Labute approximate surface area is 112 Å². The number of ether oxygens (including phenoxy) is 1. The molecule has 96 valence electrons. The van der Waals surface area contributed by atoms with Gasteiger partial charge in [-0.1, -0.05) is 12.1 Å². The lowest BCUT2D eigenvalue weighted by atomic mass is 10.0. The van der Waals surface area contributed by atoms with Gasteiger partial charge in [-0.2, -0.15) is 0 Å². The first kappa shape index (κ1) is 11.9. The van der Waals surface area contributed by atoms with Crippen molar-refractivity contribution >= 4 is 5.78 Å². The fraction of sp³-hybridized carbons (Fsp3) is 0.250. The second-order valence-corrected chi connectivity index (χ2v) is 4.81. The fourth-order valence-corrected chi connectivity index (χ4v) is 1.97. The van der Waals surface area contributed by atoms with Gasteiger partial charge in [0.2, 0.25) is 0 Å². The van der Waals surface area contributed by atoms with E-state index in [1.165, 1.54) is 0 Å². The molecule has 3 nitrogen and oxygen atoms in total. The molecule has 1 saturated carbocycles. The van der Waals surface area contributed by atoms with Crippen LogP contribution in [0.5, 0.6) is 5.75 Å². The molecule has 0 spiro atoms. The van der Waals surface area contributed by atoms with E-state index < -0.39 is 0 Å². The minimum absolute atomic E-state index is 0.00755. The Balaban J connectivity index is 1.88. The quantitative estimate of drug-likeness (QED) is 0.786. The third-order valence-corrected chi connectivity index (χ3v) is 3.17. The van der Waals surface area contributed by atoms with Crippen molar-refractivity contribution in [3.05, 3.63) is 59.4 Å². The van der Waals surface area contributed by atoms with Crippen LogP contribution in [-0.4, -0.2) is 16.9 Å². The molecule has 1 aliphatic rings. The first-order valence-electron chi connectivity index (χ1n) is 6.47. The van der Waals surface area contributed by atoms with Crippen molar-refractivity contribution in [3.8, 4) is 5.75 Å². The lowest BCUT2D eigenvalue weighted by molar-refractivity contribution is 0.103. The maximum absolute atomic E-state index is 12.4. The van der Waals surface area contributed by atoms with Crippen LogP contribution in [0, 0.1) is 6.92 Å². The van der Waals surface area contributed by atoms with Gasteiger partial charge in [-0.05, 0) is 44.0 Å². The largest absolute Gasteiger partial charge is 0.490 e. The first-order chi connectivity index (χ1) is 9.24. The van der Waals surface area contributed by atoms with E-state index in [4.69, 9.17) is 4.74 Å². The number of carbonyl (C=O) groups excluding carboxylic acids is 1. The van der Waals surface area contributed by atoms with Crippen LogP contribution in [0.2, 0.25) is 0 Å². The topological polar surface area (TPSA) is 39.2 Å². The number of benzene rings is 1. The highest BCUT2D eigenvalue weighted by Crippen LogP contribution is 2.27. The molecule has 3 heteroatoms. The minimum Gasteiger partial charge on any atom is -0.490 e.